The Kier molecular flexibility index (Phi) is 47.6. The van der Waals surface area contributed by atoms with Crippen LogP contribution in [0.1, 0.15) is 59.3 Å². The number of hydrogen-bond acceptors (Lipinski definition) is 1. The molecule has 0 aromatic heterocycles. The summed E-state index contributed by atoms with van der Waals surface area (Å²) in [6.07, 6.45) is 9.98. The second kappa shape index (κ2) is 29.7. The SMILES string of the molecule is C[CH-]C.NC(=S)S.[CH2-]CCCCCCC.[Zn+2]. The van der Waals surface area contributed by atoms with Gasteiger partial charge in [-0.2, -0.15) is 20.3 Å². The van der Waals surface area contributed by atoms with Gasteiger partial charge in [0, 0.05) is 0 Å². The summed E-state index contributed by atoms with van der Waals surface area (Å²) in [5.41, 5.74) is 4.71. The maximum absolute atomic E-state index is 4.71. The smallest absolute Gasteiger partial charge is 0.385 e. The molecule has 16 heavy (non-hydrogen) atoms. The van der Waals surface area contributed by atoms with Gasteiger partial charge in [0.25, 0.3) is 0 Å². The van der Waals surface area contributed by atoms with Crippen molar-refractivity contribution in [3.05, 3.63) is 13.3 Å². The molecule has 2 N–H and O–H groups in total. The molecule has 0 aliphatic heterocycles. The summed E-state index contributed by atoms with van der Waals surface area (Å²) in [6.45, 7) is 10.0. The van der Waals surface area contributed by atoms with Gasteiger partial charge in [0.15, 0.2) is 0 Å². The van der Waals surface area contributed by atoms with E-state index in [9.17, 15) is 0 Å². The molecule has 0 saturated heterocycles. The maximum atomic E-state index is 4.71. The topological polar surface area (TPSA) is 26.0 Å². The first-order valence-electron chi connectivity index (χ1n) is 5.58. The van der Waals surface area contributed by atoms with Crippen LogP contribution < -0.4 is 5.73 Å². The van der Waals surface area contributed by atoms with Gasteiger partial charge in [-0.3, -0.25) is 0 Å². The first-order valence-corrected chi connectivity index (χ1v) is 6.43. The number of thiol groups is 1. The molecule has 0 fully saturated rings. The molecular weight excluding hydrogens is 288 g/mol. The van der Waals surface area contributed by atoms with Crippen molar-refractivity contribution in [1.29, 1.82) is 0 Å². The average molecular weight is 315 g/mol. The van der Waals surface area contributed by atoms with Crippen LogP contribution in [-0.4, -0.2) is 4.32 Å². The zero-order chi connectivity index (χ0) is 12.5. The zero-order valence-corrected chi connectivity index (χ0v) is 15.8. The molecule has 0 atom stereocenters. The Bertz CT molecular complexity index is 101. The third-order valence-electron chi connectivity index (χ3n) is 1.35. The molecular formula is C12H27NS2Zn. The van der Waals surface area contributed by atoms with Crippen molar-refractivity contribution in [2.45, 2.75) is 59.3 Å². The molecule has 4 heteroatoms. The van der Waals surface area contributed by atoms with Gasteiger partial charge in [0.05, 0.1) is 0 Å². The fraction of sp³-hybridized carbons (Fsp3) is 0.750. The van der Waals surface area contributed by atoms with Crippen molar-refractivity contribution in [2.75, 3.05) is 0 Å². The molecule has 0 spiro atoms. The molecule has 0 rings (SSSR count). The van der Waals surface area contributed by atoms with Crippen LogP contribution in [0.15, 0.2) is 0 Å². The standard InChI is InChI=1S/C8H17.C3H7.CH3NS2.Zn/c1-3-5-7-8-6-4-2;1-3-2;2-1(3)4;/h1,3-8H2,2H3;3H,1-2H3;(H3,2,3,4);/q2*-1;;+2. The molecule has 0 unspecified atom stereocenters. The summed E-state index contributed by atoms with van der Waals surface area (Å²) in [5, 5.41) is 0. The van der Waals surface area contributed by atoms with Crippen LogP contribution in [0.2, 0.25) is 0 Å². The van der Waals surface area contributed by atoms with Gasteiger partial charge in [0.1, 0.15) is 4.32 Å². The molecule has 0 aromatic carbocycles. The second-order valence-corrected chi connectivity index (χ2v) is 4.41. The molecule has 0 bridgehead atoms. The third-order valence-corrected chi connectivity index (χ3v) is 1.35. The molecule has 94 valence electrons. The minimum Gasteiger partial charge on any atom is -0.385 e. The summed E-state index contributed by atoms with van der Waals surface area (Å²) < 4.78 is 0.194. The first-order chi connectivity index (χ1) is 7.06. The second-order valence-electron chi connectivity index (χ2n) is 3.18. The van der Waals surface area contributed by atoms with Crippen molar-refractivity contribution >= 4 is 29.2 Å². The van der Waals surface area contributed by atoms with E-state index in [0.717, 1.165) is 6.42 Å². The van der Waals surface area contributed by atoms with E-state index < -0.39 is 0 Å². The van der Waals surface area contributed by atoms with Crippen LogP contribution in [0.3, 0.4) is 0 Å². The number of nitrogens with two attached hydrogens (primary N) is 1. The van der Waals surface area contributed by atoms with E-state index in [1.165, 1.54) is 32.1 Å². The van der Waals surface area contributed by atoms with E-state index in [1.54, 1.807) is 0 Å². The largest absolute Gasteiger partial charge is 2.00 e. The molecule has 0 aliphatic carbocycles. The molecule has 0 aliphatic rings. The maximum Gasteiger partial charge on any atom is 2.00 e. The monoisotopic (exact) mass is 313 g/mol. The molecule has 0 amide bonds. The van der Waals surface area contributed by atoms with Crippen LogP contribution in [0, 0.1) is 13.3 Å². The zero-order valence-electron chi connectivity index (χ0n) is 11.2. The average Bonchev–Trinajstić information content (AvgIpc) is 2.13. The van der Waals surface area contributed by atoms with Gasteiger partial charge in [-0.25, -0.2) is 0 Å². The quantitative estimate of drug-likeness (QED) is 0.256. The Morgan fingerprint density at radius 1 is 1.25 bits per heavy atom. The van der Waals surface area contributed by atoms with Crippen molar-refractivity contribution in [3.8, 4) is 0 Å². The predicted molar refractivity (Wildman–Crippen MR) is 80.2 cm³/mol. The van der Waals surface area contributed by atoms with E-state index in [1.807, 2.05) is 20.3 Å². The van der Waals surface area contributed by atoms with Gasteiger partial charge < -0.3 is 19.1 Å². The van der Waals surface area contributed by atoms with Crippen molar-refractivity contribution < 1.29 is 19.5 Å². The number of unbranched alkanes of at least 4 members (excludes halogenated alkanes) is 5. The van der Waals surface area contributed by atoms with Crippen molar-refractivity contribution in [1.82, 2.24) is 0 Å². The van der Waals surface area contributed by atoms with Crippen LogP contribution in [0.25, 0.3) is 0 Å². The molecule has 0 aromatic rings. The Labute approximate surface area is 127 Å². The van der Waals surface area contributed by atoms with E-state index in [0.29, 0.717) is 0 Å². The molecule has 0 heterocycles. The number of thiocarbonyl (C=S) groups is 1. The first kappa shape index (κ1) is 25.6. The molecule has 0 saturated carbocycles. The molecule has 1 nitrogen and oxygen atoms in total. The number of rotatable bonds is 5. The minimum absolute atomic E-state index is 0. The van der Waals surface area contributed by atoms with Gasteiger partial charge in [0.2, 0.25) is 0 Å². The number of hydrogen-bond donors (Lipinski definition) is 2. The van der Waals surface area contributed by atoms with Crippen molar-refractivity contribution in [2.24, 2.45) is 5.73 Å². The van der Waals surface area contributed by atoms with Gasteiger partial charge >= 0.3 is 19.5 Å². The van der Waals surface area contributed by atoms with Crippen molar-refractivity contribution in [3.63, 3.8) is 0 Å². The Hall–Kier alpha value is 0.863. The van der Waals surface area contributed by atoms with Crippen LogP contribution in [-0.2, 0) is 19.5 Å². The van der Waals surface area contributed by atoms with E-state index in [-0.39, 0.29) is 23.8 Å². The summed E-state index contributed by atoms with van der Waals surface area (Å²) in [7, 11) is 0. The fourth-order valence-corrected chi connectivity index (χ4v) is 0.780. The van der Waals surface area contributed by atoms with Crippen LogP contribution >= 0.6 is 24.8 Å². The summed E-state index contributed by atoms with van der Waals surface area (Å²) in [5.74, 6) is 0. The normalized spacial score (nSPS) is 7.56. The fourth-order valence-electron chi connectivity index (χ4n) is 0.780. The Morgan fingerprint density at radius 2 is 1.56 bits per heavy atom. The van der Waals surface area contributed by atoms with Crippen LogP contribution in [0.5, 0.6) is 0 Å². The summed E-state index contributed by atoms with van der Waals surface area (Å²) in [4.78, 5) is 0. The predicted octanol–water partition coefficient (Wildman–Crippen LogP) is 4.57. The van der Waals surface area contributed by atoms with Gasteiger partial charge in [-0.15, -0.1) is 12.6 Å². The summed E-state index contributed by atoms with van der Waals surface area (Å²) in [6, 6.07) is 0. The third kappa shape index (κ3) is 83.1. The van der Waals surface area contributed by atoms with Gasteiger partial charge in [-0.05, 0) is 0 Å². The minimum atomic E-state index is 0. The van der Waals surface area contributed by atoms with E-state index in [4.69, 9.17) is 5.73 Å². The molecule has 0 radical (unpaired) electrons. The Morgan fingerprint density at radius 3 is 1.81 bits per heavy atom. The van der Waals surface area contributed by atoms with E-state index in [2.05, 4.69) is 38.7 Å². The Balaban J connectivity index is -0.0000000767. The van der Waals surface area contributed by atoms with Crippen LogP contribution in [0.4, 0.5) is 0 Å². The van der Waals surface area contributed by atoms with Gasteiger partial charge in [-0.1, -0.05) is 51.2 Å². The summed E-state index contributed by atoms with van der Waals surface area (Å²) >= 11 is 7.65. The van der Waals surface area contributed by atoms with E-state index >= 15 is 0 Å².